The summed E-state index contributed by atoms with van der Waals surface area (Å²) in [4.78, 5) is 12.7. The molecule has 18 heavy (non-hydrogen) atoms. The summed E-state index contributed by atoms with van der Waals surface area (Å²) in [6.45, 7) is 3.82. The molecule has 1 aromatic rings. The minimum Gasteiger partial charge on any atom is -0.465 e. The molecule has 1 aliphatic heterocycles. The first-order valence-electron chi connectivity index (χ1n) is 5.44. The number of amides is 1. The molecule has 1 amide bonds. The number of halogens is 2. The molecule has 0 aliphatic carbocycles. The van der Waals surface area contributed by atoms with E-state index >= 15 is 0 Å². The van der Waals surface area contributed by atoms with Gasteiger partial charge in [-0.2, -0.15) is 0 Å². The second kappa shape index (κ2) is 4.72. The molecule has 4 nitrogen and oxygen atoms in total. The highest BCUT2D eigenvalue weighted by atomic mass is 79.9. The number of ether oxygens (including phenoxy) is 1. The lowest BCUT2D eigenvalue weighted by Gasteiger charge is -2.31. The van der Waals surface area contributed by atoms with Crippen LogP contribution in [0.1, 0.15) is 25.5 Å². The Kier molecular flexibility index (Phi) is 3.58. The van der Waals surface area contributed by atoms with Gasteiger partial charge in [-0.25, -0.2) is 4.79 Å². The molecule has 1 aromatic carbocycles. The van der Waals surface area contributed by atoms with E-state index in [1.54, 1.807) is 19.9 Å². The van der Waals surface area contributed by atoms with Crippen molar-refractivity contribution in [3.63, 3.8) is 0 Å². The van der Waals surface area contributed by atoms with Crippen LogP contribution in [0.15, 0.2) is 22.7 Å². The number of carbonyl (C=O) groups is 1. The zero-order valence-electron chi connectivity index (χ0n) is 9.98. The Labute approximate surface area is 119 Å². The van der Waals surface area contributed by atoms with Gasteiger partial charge >= 0.3 is 6.09 Å². The molecule has 1 saturated heterocycles. The summed E-state index contributed by atoms with van der Waals surface area (Å²) >= 11 is 9.27. The van der Waals surface area contributed by atoms with E-state index < -0.39 is 11.8 Å². The average molecular weight is 335 g/mol. The van der Waals surface area contributed by atoms with Crippen LogP contribution in [0.4, 0.5) is 4.79 Å². The number of hydrogen-bond acceptors (Lipinski definition) is 2. The minimum absolute atomic E-state index is 0.314. The molecule has 0 spiro atoms. The van der Waals surface area contributed by atoms with Gasteiger partial charge in [0, 0.05) is 4.47 Å². The van der Waals surface area contributed by atoms with Crippen LogP contribution in [0.5, 0.6) is 0 Å². The molecule has 1 heterocycles. The molecule has 1 N–H and O–H groups in total. The predicted octanol–water partition coefficient (Wildman–Crippen LogP) is 3.89. The van der Waals surface area contributed by atoms with Crippen LogP contribution >= 0.6 is 27.5 Å². The van der Waals surface area contributed by atoms with Gasteiger partial charge in [-0.3, -0.25) is 4.90 Å². The van der Waals surface area contributed by atoms with Gasteiger partial charge in [0.25, 0.3) is 0 Å². The SMILES string of the molecule is CC1(C)OCC(c2ccc(Cl)c(Br)c2)N1C(=O)O. The van der Waals surface area contributed by atoms with Gasteiger partial charge in [0.2, 0.25) is 0 Å². The van der Waals surface area contributed by atoms with Gasteiger partial charge in [-0.15, -0.1) is 0 Å². The maximum Gasteiger partial charge on any atom is 0.410 e. The molecule has 6 heteroatoms. The average Bonchev–Trinajstić information content (AvgIpc) is 2.58. The molecular formula is C12H13BrClNO3. The molecule has 1 atom stereocenters. The van der Waals surface area contributed by atoms with Gasteiger partial charge in [-0.05, 0) is 47.5 Å². The van der Waals surface area contributed by atoms with Crippen molar-refractivity contribution in [3.05, 3.63) is 33.3 Å². The van der Waals surface area contributed by atoms with E-state index in [2.05, 4.69) is 15.9 Å². The van der Waals surface area contributed by atoms with Crippen molar-refractivity contribution < 1.29 is 14.6 Å². The van der Waals surface area contributed by atoms with E-state index in [9.17, 15) is 9.90 Å². The van der Waals surface area contributed by atoms with Crippen molar-refractivity contribution in [2.75, 3.05) is 6.61 Å². The Morgan fingerprint density at radius 1 is 1.61 bits per heavy atom. The van der Waals surface area contributed by atoms with Crippen LogP contribution < -0.4 is 0 Å². The number of nitrogens with zero attached hydrogens (tertiary/aromatic N) is 1. The molecule has 2 rings (SSSR count). The molecule has 1 aliphatic rings. The monoisotopic (exact) mass is 333 g/mol. The van der Waals surface area contributed by atoms with E-state index in [0.717, 1.165) is 10.0 Å². The fourth-order valence-electron chi connectivity index (χ4n) is 2.13. The van der Waals surface area contributed by atoms with E-state index in [-0.39, 0.29) is 6.04 Å². The Hall–Kier alpha value is -0.780. The Balaban J connectivity index is 2.38. The molecule has 0 saturated carbocycles. The quantitative estimate of drug-likeness (QED) is 0.847. The Bertz CT molecular complexity index is 492. The van der Waals surface area contributed by atoms with Crippen molar-refractivity contribution in [2.45, 2.75) is 25.6 Å². The van der Waals surface area contributed by atoms with Gasteiger partial charge in [0.1, 0.15) is 5.72 Å². The largest absolute Gasteiger partial charge is 0.465 e. The van der Waals surface area contributed by atoms with E-state index in [4.69, 9.17) is 16.3 Å². The summed E-state index contributed by atoms with van der Waals surface area (Å²) in [5.74, 6) is 0. The zero-order chi connectivity index (χ0) is 13.5. The van der Waals surface area contributed by atoms with Crippen molar-refractivity contribution in [3.8, 4) is 0 Å². The Morgan fingerprint density at radius 3 is 2.83 bits per heavy atom. The van der Waals surface area contributed by atoms with Gasteiger partial charge in [0.05, 0.1) is 17.7 Å². The minimum atomic E-state index is -0.992. The highest BCUT2D eigenvalue weighted by Crippen LogP contribution is 2.38. The van der Waals surface area contributed by atoms with E-state index in [0.29, 0.717) is 11.6 Å². The van der Waals surface area contributed by atoms with E-state index in [1.165, 1.54) is 4.90 Å². The Morgan fingerprint density at radius 2 is 2.28 bits per heavy atom. The summed E-state index contributed by atoms with van der Waals surface area (Å²) in [5, 5.41) is 9.91. The molecule has 98 valence electrons. The normalized spacial score (nSPS) is 22.2. The van der Waals surface area contributed by atoms with Crippen LogP contribution in [-0.4, -0.2) is 28.4 Å². The summed E-state index contributed by atoms with van der Waals surface area (Å²) < 4.78 is 6.30. The number of hydrogen-bond donors (Lipinski definition) is 1. The standard InChI is InChI=1S/C12H13BrClNO3/c1-12(2)15(11(16)17)10(6-18-12)7-3-4-9(14)8(13)5-7/h3-5,10H,6H2,1-2H3,(H,16,17). The maximum absolute atomic E-state index is 11.4. The number of benzene rings is 1. The van der Waals surface area contributed by atoms with Gasteiger partial charge in [0.15, 0.2) is 0 Å². The first-order valence-corrected chi connectivity index (χ1v) is 6.61. The summed E-state index contributed by atoms with van der Waals surface area (Å²) in [6.07, 6.45) is -0.992. The number of rotatable bonds is 1. The van der Waals surface area contributed by atoms with Crippen molar-refractivity contribution in [2.24, 2.45) is 0 Å². The lowest BCUT2D eigenvalue weighted by molar-refractivity contribution is -0.0420. The van der Waals surface area contributed by atoms with Crippen molar-refractivity contribution in [1.29, 1.82) is 0 Å². The first-order chi connectivity index (χ1) is 8.33. The van der Waals surface area contributed by atoms with Crippen molar-refractivity contribution >= 4 is 33.6 Å². The maximum atomic E-state index is 11.4. The molecule has 1 unspecified atom stereocenters. The lowest BCUT2D eigenvalue weighted by atomic mass is 10.1. The summed E-state index contributed by atoms with van der Waals surface area (Å²) in [6, 6.07) is 5.07. The van der Waals surface area contributed by atoms with E-state index in [1.807, 2.05) is 12.1 Å². The molecular weight excluding hydrogens is 321 g/mol. The number of carboxylic acid groups (broad SMARTS) is 1. The van der Waals surface area contributed by atoms with Crippen LogP contribution in [-0.2, 0) is 4.74 Å². The zero-order valence-corrected chi connectivity index (χ0v) is 12.3. The molecule has 1 fully saturated rings. The second-order valence-electron chi connectivity index (χ2n) is 4.60. The lowest BCUT2D eigenvalue weighted by Crippen LogP contribution is -2.44. The second-order valence-corrected chi connectivity index (χ2v) is 5.86. The smallest absolute Gasteiger partial charge is 0.410 e. The fraction of sp³-hybridized carbons (Fsp3) is 0.417. The molecule has 0 bridgehead atoms. The highest BCUT2D eigenvalue weighted by molar-refractivity contribution is 9.10. The summed E-state index contributed by atoms with van der Waals surface area (Å²) in [7, 11) is 0. The summed E-state index contributed by atoms with van der Waals surface area (Å²) in [5.41, 5.74) is 0.0436. The fourth-order valence-corrected chi connectivity index (χ4v) is 2.64. The van der Waals surface area contributed by atoms with Crippen molar-refractivity contribution in [1.82, 2.24) is 4.90 Å². The van der Waals surface area contributed by atoms with Crippen LogP contribution in [0.25, 0.3) is 0 Å². The topological polar surface area (TPSA) is 49.8 Å². The van der Waals surface area contributed by atoms with Gasteiger partial charge in [-0.1, -0.05) is 17.7 Å². The third-order valence-electron chi connectivity index (χ3n) is 3.02. The first kappa shape index (κ1) is 13.6. The molecule has 0 radical (unpaired) electrons. The molecule has 0 aromatic heterocycles. The van der Waals surface area contributed by atoms with Crippen LogP contribution in [0.2, 0.25) is 5.02 Å². The van der Waals surface area contributed by atoms with Crippen LogP contribution in [0, 0.1) is 0 Å². The van der Waals surface area contributed by atoms with Gasteiger partial charge < -0.3 is 9.84 Å². The predicted molar refractivity (Wildman–Crippen MR) is 71.8 cm³/mol. The third kappa shape index (κ3) is 2.35. The highest BCUT2D eigenvalue weighted by Gasteiger charge is 2.44. The third-order valence-corrected chi connectivity index (χ3v) is 4.23. The van der Waals surface area contributed by atoms with Crippen LogP contribution in [0.3, 0.4) is 0 Å².